The van der Waals surface area contributed by atoms with E-state index in [2.05, 4.69) is 4.98 Å². The molecule has 0 radical (unpaired) electrons. The first-order chi connectivity index (χ1) is 16.0. The van der Waals surface area contributed by atoms with Gasteiger partial charge in [-0.3, -0.25) is 14.4 Å². The number of carbonyl (C=O) groups excluding carboxylic acids is 3. The first kappa shape index (κ1) is 21.4. The Hall–Kier alpha value is -3.49. The van der Waals surface area contributed by atoms with Crippen LogP contribution >= 0.6 is 0 Å². The van der Waals surface area contributed by atoms with Gasteiger partial charge in [0, 0.05) is 49.7 Å². The number of ether oxygens (including phenoxy) is 2. The summed E-state index contributed by atoms with van der Waals surface area (Å²) < 4.78 is 25.8. The number of benzene rings is 1. The molecule has 2 aromatic rings. The fraction of sp³-hybridized carbons (Fsp3) is 0.417. The van der Waals surface area contributed by atoms with Gasteiger partial charge in [-0.05, 0) is 36.6 Å². The molecule has 2 amide bonds. The topological polar surface area (TPSA) is 89.0 Å². The van der Waals surface area contributed by atoms with Crippen molar-refractivity contribution in [3.05, 3.63) is 47.4 Å². The van der Waals surface area contributed by atoms with E-state index in [-0.39, 0.29) is 17.6 Å². The van der Waals surface area contributed by atoms with Gasteiger partial charge in [0.15, 0.2) is 11.9 Å². The van der Waals surface area contributed by atoms with Gasteiger partial charge in [-0.1, -0.05) is 0 Å². The number of nitrogens with zero attached hydrogens (tertiary/aromatic N) is 3. The number of carbonyl (C=O) groups is 3. The van der Waals surface area contributed by atoms with Crippen LogP contribution in [-0.2, 0) is 16.0 Å². The number of rotatable bonds is 7. The van der Waals surface area contributed by atoms with Crippen LogP contribution in [0.1, 0.15) is 41.6 Å². The maximum absolute atomic E-state index is 14.4. The van der Waals surface area contributed by atoms with Crippen LogP contribution < -0.4 is 14.4 Å². The van der Waals surface area contributed by atoms with E-state index in [0.717, 1.165) is 13.0 Å². The van der Waals surface area contributed by atoms with Crippen LogP contribution in [0.15, 0.2) is 30.5 Å². The summed E-state index contributed by atoms with van der Waals surface area (Å²) in [5.74, 6) is 0.166. The third-order valence-electron chi connectivity index (χ3n) is 6.32. The molecule has 8 nitrogen and oxygen atoms in total. The Balaban J connectivity index is 1.17. The third kappa shape index (κ3) is 4.27. The normalized spacial score (nSPS) is 20.0. The summed E-state index contributed by atoms with van der Waals surface area (Å²) in [5.41, 5.74) is 1.19. The first-order valence-corrected chi connectivity index (χ1v) is 11.2. The van der Waals surface area contributed by atoms with E-state index in [1.807, 2.05) is 0 Å². The zero-order chi connectivity index (χ0) is 22.9. The fourth-order valence-electron chi connectivity index (χ4n) is 4.56. The van der Waals surface area contributed by atoms with Crippen molar-refractivity contribution in [2.45, 2.75) is 38.2 Å². The second kappa shape index (κ2) is 8.80. The van der Waals surface area contributed by atoms with Gasteiger partial charge in [0.1, 0.15) is 18.2 Å². The van der Waals surface area contributed by atoms with Crippen LogP contribution in [0.4, 0.5) is 10.1 Å². The monoisotopic (exact) mass is 453 g/mol. The number of anilines is 1. The fourth-order valence-corrected chi connectivity index (χ4v) is 4.56. The van der Waals surface area contributed by atoms with E-state index in [4.69, 9.17) is 9.47 Å². The number of ketones is 1. The molecule has 1 aliphatic carbocycles. The maximum Gasteiger partial charge on any atom is 0.268 e. The Labute approximate surface area is 190 Å². The highest BCUT2D eigenvalue weighted by Crippen LogP contribution is 2.32. The van der Waals surface area contributed by atoms with Crippen molar-refractivity contribution in [1.29, 1.82) is 0 Å². The molecule has 0 unspecified atom stereocenters. The van der Waals surface area contributed by atoms with Gasteiger partial charge in [-0.15, -0.1) is 0 Å². The van der Waals surface area contributed by atoms with Crippen molar-refractivity contribution in [1.82, 2.24) is 9.88 Å². The lowest BCUT2D eigenvalue weighted by atomic mass is 10.1. The summed E-state index contributed by atoms with van der Waals surface area (Å²) in [6, 6.07) is 6.26. The van der Waals surface area contributed by atoms with Gasteiger partial charge in [0.2, 0.25) is 11.8 Å². The van der Waals surface area contributed by atoms with Crippen LogP contribution in [0.2, 0.25) is 0 Å². The van der Waals surface area contributed by atoms with Crippen molar-refractivity contribution in [2.75, 3.05) is 31.1 Å². The van der Waals surface area contributed by atoms with E-state index < -0.39 is 11.9 Å². The minimum Gasteiger partial charge on any atom is -0.479 e. The summed E-state index contributed by atoms with van der Waals surface area (Å²) >= 11 is 0. The number of aromatic nitrogens is 1. The lowest BCUT2D eigenvalue weighted by Crippen LogP contribution is -2.32. The molecule has 1 aromatic carbocycles. The quantitative estimate of drug-likeness (QED) is 0.640. The number of amides is 2. The average molecular weight is 453 g/mol. The number of fused-ring (bicyclic) bond motifs is 1. The molecule has 2 aliphatic heterocycles. The Bertz CT molecular complexity index is 1100. The van der Waals surface area contributed by atoms with Crippen molar-refractivity contribution < 1.29 is 28.2 Å². The van der Waals surface area contributed by atoms with Crippen molar-refractivity contribution >= 4 is 23.3 Å². The number of Topliss-reactive ketones (excluding diaryl/α,β-unsaturated/α-hetero) is 1. The van der Waals surface area contributed by atoms with Gasteiger partial charge >= 0.3 is 0 Å². The Morgan fingerprint density at radius 3 is 2.73 bits per heavy atom. The Kier molecular flexibility index (Phi) is 5.70. The summed E-state index contributed by atoms with van der Waals surface area (Å²) in [5, 5.41) is 0. The molecular formula is C24H24FN3O5. The van der Waals surface area contributed by atoms with E-state index >= 15 is 0 Å². The molecule has 0 bridgehead atoms. The number of hydrogen-bond donors (Lipinski definition) is 0. The number of hydrogen-bond acceptors (Lipinski definition) is 6. The maximum atomic E-state index is 14.4. The van der Waals surface area contributed by atoms with Crippen LogP contribution in [0.25, 0.3) is 0 Å². The highest BCUT2D eigenvalue weighted by molar-refractivity contribution is 6.04. The molecule has 3 aliphatic rings. The minimum atomic E-state index is -0.716. The molecule has 172 valence electrons. The molecule has 0 spiro atoms. The molecule has 2 saturated heterocycles. The molecule has 2 fully saturated rings. The lowest BCUT2D eigenvalue weighted by Gasteiger charge is -2.18. The van der Waals surface area contributed by atoms with Crippen molar-refractivity contribution in [3.63, 3.8) is 0 Å². The van der Waals surface area contributed by atoms with Crippen LogP contribution in [0.3, 0.4) is 0 Å². The number of likely N-dealkylation sites (tertiary alicyclic amines) is 1. The molecule has 1 atom stereocenters. The Morgan fingerprint density at radius 1 is 1.09 bits per heavy atom. The highest BCUT2D eigenvalue weighted by atomic mass is 19.1. The smallest absolute Gasteiger partial charge is 0.268 e. The summed E-state index contributed by atoms with van der Waals surface area (Å²) in [6.45, 7) is 2.03. The minimum absolute atomic E-state index is 0.0920. The predicted molar refractivity (Wildman–Crippen MR) is 116 cm³/mol. The van der Waals surface area contributed by atoms with Gasteiger partial charge in [0.05, 0.1) is 12.7 Å². The molecular weight excluding hydrogens is 429 g/mol. The predicted octanol–water partition coefficient (Wildman–Crippen LogP) is 2.54. The SMILES string of the molecule is O=C1CCc2c(F)cc(N3CC[C@@H](Oc4ccc(OCCN5CCCC5=O)nc4)C3=O)cc21. The van der Waals surface area contributed by atoms with Gasteiger partial charge in [0.25, 0.3) is 5.91 Å². The molecule has 9 heteroatoms. The zero-order valence-electron chi connectivity index (χ0n) is 18.1. The summed E-state index contributed by atoms with van der Waals surface area (Å²) in [7, 11) is 0. The molecule has 33 heavy (non-hydrogen) atoms. The average Bonchev–Trinajstić information content (AvgIpc) is 3.50. The lowest BCUT2D eigenvalue weighted by molar-refractivity contribution is -0.128. The molecule has 5 rings (SSSR count). The zero-order valence-corrected chi connectivity index (χ0v) is 18.1. The van der Waals surface area contributed by atoms with Crippen LogP contribution in [0.5, 0.6) is 11.6 Å². The van der Waals surface area contributed by atoms with E-state index in [9.17, 15) is 18.8 Å². The number of pyridine rings is 1. The van der Waals surface area contributed by atoms with Gasteiger partial charge in [-0.25, -0.2) is 9.37 Å². The standard InChI is InChI=1S/C24H24FN3O5/c25-19-13-15(12-18-17(19)4-5-20(18)29)28-9-7-21(24(28)31)33-16-3-6-22(26-14-16)32-11-10-27-8-1-2-23(27)30/h3,6,12-14,21H,1-2,4-5,7-11H2/t21-/m1/s1. The Morgan fingerprint density at radius 2 is 1.97 bits per heavy atom. The van der Waals surface area contributed by atoms with E-state index in [1.54, 1.807) is 23.1 Å². The molecule has 1 aromatic heterocycles. The third-order valence-corrected chi connectivity index (χ3v) is 6.32. The summed E-state index contributed by atoms with van der Waals surface area (Å²) in [6.07, 6.45) is 3.41. The van der Waals surface area contributed by atoms with Crippen molar-refractivity contribution in [3.8, 4) is 11.6 Å². The van der Waals surface area contributed by atoms with Crippen molar-refractivity contribution in [2.24, 2.45) is 0 Å². The highest BCUT2D eigenvalue weighted by Gasteiger charge is 2.36. The first-order valence-electron chi connectivity index (χ1n) is 11.2. The van der Waals surface area contributed by atoms with Crippen LogP contribution in [0, 0.1) is 5.82 Å². The van der Waals surface area contributed by atoms with E-state index in [0.29, 0.717) is 73.8 Å². The second-order valence-corrected chi connectivity index (χ2v) is 8.43. The van der Waals surface area contributed by atoms with E-state index in [1.165, 1.54) is 17.2 Å². The molecule has 0 saturated carbocycles. The summed E-state index contributed by atoms with van der Waals surface area (Å²) in [4.78, 5) is 44.0. The molecule has 3 heterocycles. The second-order valence-electron chi connectivity index (χ2n) is 8.43. The number of halogens is 1. The molecule has 0 N–H and O–H groups in total. The van der Waals surface area contributed by atoms with Crippen LogP contribution in [-0.4, -0.2) is 59.8 Å². The van der Waals surface area contributed by atoms with Gasteiger partial charge in [-0.2, -0.15) is 0 Å². The largest absolute Gasteiger partial charge is 0.479 e. The van der Waals surface area contributed by atoms with Gasteiger partial charge < -0.3 is 19.3 Å².